The summed E-state index contributed by atoms with van der Waals surface area (Å²) in [5, 5.41) is 2.91. The average Bonchev–Trinajstić information content (AvgIpc) is 2.68. The second kappa shape index (κ2) is 8.84. The van der Waals surface area contributed by atoms with E-state index in [1.54, 1.807) is 0 Å². The predicted molar refractivity (Wildman–Crippen MR) is 106 cm³/mol. The lowest BCUT2D eigenvalue weighted by Crippen LogP contribution is -2.34. The number of nitrogens with one attached hydrogen (secondary N) is 1. The van der Waals surface area contributed by atoms with Crippen LogP contribution in [-0.4, -0.2) is 30.5 Å². The molecule has 1 saturated heterocycles. The van der Waals surface area contributed by atoms with Crippen LogP contribution in [-0.2, 0) is 6.42 Å². The van der Waals surface area contributed by atoms with Crippen LogP contribution >= 0.6 is 0 Å². The molecule has 4 nitrogen and oxygen atoms in total. The summed E-state index contributed by atoms with van der Waals surface area (Å²) in [6.45, 7) is 6.95. The van der Waals surface area contributed by atoms with Gasteiger partial charge in [-0.3, -0.25) is 4.79 Å². The molecule has 0 radical (unpaired) electrons. The standard InChI is InChI=1S/C22H29N3O/c1-17(2)15-24-22(26)21-9-8-20(16-23-21)25-12-10-19(11-13-25)14-18-6-4-3-5-7-18/h3-9,16-17,19H,10-15H2,1-2H3,(H,24,26). The number of anilines is 1. The van der Waals surface area contributed by atoms with Gasteiger partial charge in [0.1, 0.15) is 5.69 Å². The third kappa shape index (κ3) is 5.07. The van der Waals surface area contributed by atoms with Crippen molar-refractivity contribution in [2.75, 3.05) is 24.5 Å². The number of benzene rings is 1. The molecule has 0 spiro atoms. The molecule has 0 saturated carbocycles. The Morgan fingerprint density at radius 1 is 1.15 bits per heavy atom. The fourth-order valence-corrected chi connectivity index (χ4v) is 3.44. The molecule has 0 unspecified atom stereocenters. The van der Waals surface area contributed by atoms with Crippen LogP contribution in [0, 0.1) is 11.8 Å². The van der Waals surface area contributed by atoms with Gasteiger partial charge in [0.15, 0.2) is 0 Å². The maximum atomic E-state index is 12.1. The van der Waals surface area contributed by atoms with Crippen molar-refractivity contribution in [2.45, 2.75) is 33.1 Å². The van der Waals surface area contributed by atoms with E-state index in [-0.39, 0.29) is 5.91 Å². The first-order chi connectivity index (χ1) is 12.6. The van der Waals surface area contributed by atoms with E-state index < -0.39 is 0 Å². The summed E-state index contributed by atoms with van der Waals surface area (Å²) in [7, 11) is 0. The number of hydrogen-bond donors (Lipinski definition) is 1. The Morgan fingerprint density at radius 2 is 1.88 bits per heavy atom. The lowest BCUT2D eigenvalue weighted by Gasteiger charge is -2.33. The number of aromatic nitrogens is 1. The van der Waals surface area contributed by atoms with Crippen molar-refractivity contribution in [1.82, 2.24) is 10.3 Å². The van der Waals surface area contributed by atoms with Gasteiger partial charge in [-0.05, 0) is 48.8 Å². The van der Waals surface area contributed by atoms with Crippen LogP contribution in [0.3, 0.4) is 0 Å². The molecule has 1 fully saturated rings. The normalized spacial score (nSPS) is 15.3. The Bertz CT molecular complexity index is 689. The number of pyridine rings is 1. The molecule has 1 aromatic heterocycles. The lowest BCUT2D eigenvalue weighted by molar-refractivity contribution is 0.0944. The van der Waals surface area contributed by atoms with Crippen LogP contribution in [0.2, 0.25) is 0 Å². The van der Waals surface area contributed by atoms with E-state index in [4.69, 9.17) is 0 Å². The lowest BCUT2D eigenvalue weighted by atomic mass is 9.90. The molecule has 0 aliphatic carbocycles. The number of amides is 1. The van der Waals surface area contributed by atoms with Gasteiger partial charge in [-0.25, -0.2) is 4.98 Å². The first-order valence-corrected chi connectivity index (χ1v) is 9.65. The molecule has 2 aromatic rings. The van der Waals surface area contributed by atoms with Gasteiger partial charge in [0.25, 0.3) is 5.91 Å². The van der Waals surface area contributed by atoms with Crippen LogP contribution in [0.1, 0.15) is 42.7 Å². The van der Waals surface area contributed by atoms with Crippen LogP contribution in [0.5, 0.6) is 0 Å². The minimum atomic E-state index is -0.0909. The highest BCUT2D eigenvalue weighted by Gasteiger charge is 2.20. The molecule has 1 aliphatic rings. The van der Waals surface area contributed by atoms with Crippen molar-refractivity contribution >= 4 is 11.6 Å². The van der Waals surface area contributed by atoms with Gasteiger partial charge in [0.05, 0.1) is 11.9 Å². The number of rotatable bonds is 6. The second-order valence-corrected chi connectivity index (χ2v) is 7.63. The Morgan fingerprint density at radius 3 is 2.50 bits per heavy atom. The Balaban J connectivity index is 1.50. The zero-order valence-corrected chi connectivity index (χ0v) is 15.8. The zero-order valence-electron chi connectivity index (χ0n) is 15.8. The second-order valence-electron chi connectivity index (χ2n) is 7.63. The molecule has 138 valence electrons. The third-order valence-corrected chi connectivity index (χ3v) is 5.00. The Kier molecular flexibility index (Phi) is 6.26. The molecule has 1 aliphatic heterocycles. The molecule has 1 N–H and O–H groups in total. The number of nitrogens with zero attached hydrogens (tertiary/aromatic N) is 2. The SMILES string of the molecule is CC(C)CNC(=O)c1ccc(N2CCC(Cc3ccccc3)CC2)cn1. The summed E-state index contributed by atoms with van der Waals surface area (Å²) in [4.78, 5) is 18.8. The van der Waals surface area contributed by atoms with Crippen LogP contribution in [0.15, 0.2) is 48.7 Å². The molecule has 26 heavy (non-hydrogen) atoms. The highest BCUT2D eigenvalue weighted by molar-refractivity contribution is 5.92. The van der Waals surface area contributed by atoms with Gasteiger partial charge < -0.3 is 10.2 Å². The van der Waals surface area contributed by atoms with Crippen molar-refractivity contribution in [1.29, 1.82) is 0 Å². The number of carbonyl (C=O) groups excluding carboxylic acids is 1. The number of hydrogen-bond acceptors (Lipinski definition) is 3. The monoisotopic (exact) mass is 351 g/mol. The summed E-state index contributed by atoms with van der Waals surface area (Å²) >= 11 is 0. The largest absolute Gasteiger partial charge is 0.370 e. The Hall–Kier alpha value is -2.36. The summed E-state index contributed by atoms with van der Waals surface area (Å²) in [6, 6.07) is 14.6. The molecule has 1 amide bonds. The van der Waals surface area contributed by atoms with Crippen LogP contribution in [0.25, 0.3) is 0 Å². The van der Waals surface area contributed by atoms with E-state index in [0.717, 1.165) is 24.7 Å². The summed E-state index contributed by atoms with van der Waals surface area (Å²) < 4.78 is 0. The van der Waals surface area contributed by atoms with E-state index in [2.05, 4.69) is 59.4 Å². The minimum Gasteiger partial charge on any atom is -0.370 e. The first-order valence-electron chi connectivity index (χ1n) is 9.65. The summed E-state index contributed by atoms with van der Waals surface area (Å²) in [5.41, 5.74) is 3.04. The molecule has 0 atom stereocenters. The molecule has 4 heteroatoms. The van der Waals surface area contributed by atoms with Gasteiger partial charge in [-0.1, -0.05) is 44.2 Å². The fraction of sp³-hybridized carbons (Fsp3) is 0.455. The molecule has 0 bridgehead atoms. The van der Waals surface area contributed by atoms with Crippen molar-refractivity contribution in [2.24, 2.45) is 11.8 Å². The van der Waals surface area contributed by atoms with E-state index in [1.807, 2.05) is 18.3 Å². The fourth-order valence-electron chi connectivity index (χ4n) is 3.44. The molecule has 3 rings (SSSR count). The quantitative estimate of drug-likeness (QED) is 0.858. The topological polar surface area (TPSA) is 45.2 Å². The van der Waals surface area contributed by atoms with Gasteiger partial charge in [0, 0.05) is 19.6 Å². The highest BCUT2D eigenvalue weighted by atomic mass is 16.1. The maximum absolute atomic E-state index is 12.1. The molecule has 1 aromatic carbocycles. The van der Waals surface area contributed by atoms with Gasteiger partial charge in [-0.2, -0.15) is 0 Å². The maximum Gasteiger partial charge on any atom is 0.269 e. The number of piperidine rings is 1. The van der Waals surface area contributed by atoms with Crippen LogP contribution in [0.4, 0.5) is 5.69 Å². The van der Waals surface area contributed by atoms with Crippen molar-refractivity contribution in [3.05, 3.63) is 59.9 Å². The minimum absolute atomic E-state index is 0.0909. The van der Waals surface area contributed by atoms with Crippen LogP contribution < -0.4 is 10.2 Å². The van der Waals surface area contributed by atoms with Gasteiger partial charge in [0.2, 0.25) is 0 Å². The molecular weight excluding hydrogens is 322 g/mol. The third-order valence-electron chi connectivity index (χ3n) is 5.00. The molecular formula is C22H29N3O. The Labute approximate surface area is 156 Å². The van der Waals surface area contributed by atoms with E-state index in [9.17, 15) is 4.79 Å². The van der Waals surface area contributed by atoms with Gasteiger partial charge in [-0.15, -0.1) is 0 Å². The summed E-state index contributed by atoms with van der Waals surface area (Å²) in [5.74, 6) is 1.10. The van der Waals surface area contributed by atoms with Crippen molar-refractivity contribution in [3.8, 4) is 0 Å². The van der Waals surface area contributed by atoms with Crippen molar-refractivity contribution < 1.29 is 4.79 Å². The predicted octanol–water partition coefficient (Wildman–Crippen LogP) is 3.93. The molecule has 2 heterocycles. The first kappa shape index (κ1) is 18.4. The van der Waals surface area contributed by atoms with E-state index in [0.29, 0.717) is 18.2 Å². The summed E-state index contributed by atoms with van der Waals surface area (Å²) in [6.07, 6.45) is 5.40. The smallest absolute Gasteiger partial charge is 0.269 e. The zero-order chi connectivity index (χ0) is 18.4. The van der Waals surface area contributed by atoms with Crippen molar-refractivity contribution in [3.63, 3.8) is 0 Å². The van der Waals surface area contributed by atoms with E-state index in [1.165, 1.54) is 24.8 Å². The average molecular weight is 351 g/mol. The van der Waals surface area contributed by atoms with E-state index >= 15 is 0 Å². The number of carbonyl (C=O) groups is 1. The highest BCUT2D eigenvalue weighted by Crippen LogP contribution is 2.25. The van der Waals surface area contributed by atoms with Gasteiger partial charge >= 0.3 is 0 Å².